The van der Waals surface area contributed by atoms with Crippen LogP contribution in [0.15, 0.2) is 0 Å². The van der Waals surface area contributed by atoms with Gasteiger partial charge in [0.25, 0.3) is 0 Å². The highest BCUT2D eigenvalue weighted by molar-refractivity contribution is 7.15. The predicted molar refractivity (Wildman–Crippen MR) is 76.9 cm³/mol. The van der Waals surface area contributed by atoms with E-state index < -0.39 is 0 Å². The normalized spacial score (nSPS) is 20.8. The summed E-state index contributed by atoms with van der Waals surface area (Å²) >= 11 is 1.69. The molecule has 18 heavy (non-hydrogen) atoms. The molecule has 0 radical (unpaired) electrons. The zero-order chi connectivity index (χ0) is 13.0. The lowest BCUT2D eigenvalue weighted by Gasteiger charge is -2.16. The lowest BCUT2D eigenvalue weighted by atomic mass is 9.95. The zero-order valence-corrected chi connectivity index (χ0v) is 12.5. The zero-order valence-electron chi connectivity index (χ0n) is 11.6. The predicted octanol–water partition coefficient (Wildman–Crippen LogP) is 2.84. The number of nitrogens with zero attached hydrogens (tertiary/aromatic N) is 3. The van der Waals surface area contributed by atoms with Gasteiger partial charge >= 0.3 is 0 Å². The van der Waals surface area contributed by atoms with Crippen LogP contribution in [-0.4, -0.2) is 34.7 Å². The monoisotopic (exact) mass is 268 g/mol. The van der Waals surface area contributed by atoms with Gasteiger partial charge in [0.05, 0.1) is 6.54 Å². The summed E-state index contributed by atoms with van der Waals surface area (Å²) in [7, 11) is 0. The SMILES string of the molecule is CCCNc1nnc(CN2CCC(C(C)C)C2)s1. The number of likely N-dealkylation sites (tertiary alicyclic amines) is 1. The minimum atomic E-state index is 0.797. The second-order valence-electron chi connectivity index (χ2n) is 5.46. The van der Waals surface area contributed by atoms with Crippen molar-refractivity contribution in [2.75, 3.05) is 25.0 Å². The molecule has 1 aliphatic rings. The fraction of sp³-hybridized carbons (Fsp3) is 0.846. The van der Waals surface area contributed by atoms with Gasteiger partial charge in [0.1, 0.15) is 5.01 Å². The summed E-state index contributed by atoms with van der Waals surface area (Å²) in [5.74, 6) is 1.65. The maximum absolute atomic E-state index is 4.27. The quantitative estimate of drug-likeness (QED) is 0.861. The van der Waals surface area contributed by atoms with E-state index in [2.05, 4.69) is 41.2 Å². The van der Waals surface area contributed by atoms with Crippen molar-refractivity contribution in [2.45, 2.75) is 40.2 Å². The standard InChI is InChI=1S/C13H24N4S/c1-4-6-14-13-16-15-12(18-13)9-17-7-5-11(8-17)10(2)3/h10-11H,4-9H2,1-3H3,(H,14,16). The van der Waals surface area contributed by atoms with Crippen LogP contribution in [0.2, 0.25) is 0 Å². The molecule has 102 valence electrons. The van der Waals surface area contributed by atoms with Gasteiger partial charge in [0.2, 0.25) is 5.13 Å². The molecule has 1 aromatic rings. The van der Waals surface area contributed by atoms with E-state index in [1.54, 1.807) is 11.3 Å². The van der Waals surface area contributed by atoms with Crippen molar-refractivity contribution in [1.29, 1.82) is 0 Å². The van der Waals surface area contributed by atoms with Crippen LogP contribution in [0.25, 0.3) is 0 Å². The summed E-state index contributed by atoms with van der Waals surface area (Å²) in [5.41, 5.74) is 0. The Morgan fingerprint density at radius 2 is 2.28 bits per heavy atom. The van der Waals surface area contributed by atoms with Crippen LogP contribution in [0.3, 0.4) is 0 Å². The van der Waals surface area contributed by atoms with Crippen molar-refractivity contribution >= 4 is 16.5 Å². The molecule has 0 aliphatic carbocycles. The van der Waals surface area contributed by atoms with Crippen molar-refractivity contribution in [3.8, 4) is 0 Å². The van der Waals surface area contributed by atoms with E-state index in [1.807, 2.05) is 0 Å². The van der Waals surface area contributed by atoms with E-state index in [0.29, 0.717) is 0 Å². The van der Waals surface area contributed by atoms with E-state index >= 15 is 0 Å². The van der Waals surface area contributed by atoms with Gasteiger partial charge in [-0.1, -0.05) is 32.1 Å². The van der Waals surface area contributed by atoms with E-state index in [0.717, 1.165) is 41.5 Å². The Kier molecular flexibility index (Phi) is 4.95. The van der Waals surface area contributed by atoms with Crippen molar-refractivity contribution in [1.82, 2.24) is 15.1 Å². The molecular formula is C13H24N4S. The number of aromatic nitrogens is 2. The highest BCUT2D eigenvalue weighted by Crippen LogP contribution is 2.26. The minimum Gasteiger partial charge on any atom is -0.360 e. The van der Waals surface area contributed by atoms with Crippen LogP contribution < -0.4 is 5.32 Å². The van der Waals surface area contributed by atoms with Crippen molar-refractivity contribution in [2.24, 2.45) is 11.8 Å². The molecule has 2 heterocycles. The third-order valence-electron chi connectivity index (χ3n) is 3.60. The third kappa shape index (κ3) is 3.65. The molecular weight excluding hydrogens is 244 g/mol. The summed E-state index contributed by atoms with van der Waals surface area (Å²) < 4.78 is 0. The summed E-state index contributed by atoms with van der Waals surface area (Å²) in [5, 5.41) is 13.8. The van der Waals surface area contributed by atoms with Gasteiger partial charge in [-0.2, -0.15) is 0 Å². The van der Waals surface area contributed by atoms with Crippen molar-refractivity contribution in [3.05, 3.63) is 5.01 Å². The molecule has 0 spiro atoms. The largest absolute Gasteiger partial charge is 0.360 e. The molecule has 0 bridgehead atoms. The Morgan fingerprint density at radius 1 is 1.44 bits per heavy atom. The van der Waals surface area contributed by atoms with E-state index in [-0.39, 0.29) is 0 Å². The fourth-order valence-corrected chi connectivity index (χ4v) is 3.17. The molecule has 0 saturated carbocycles. The van der Waals surface area contributed by atoms with Crippen LogP contribution in [0, 0.1) is 11.8 Å². The highest BCUT2D eigenvalue weighted by Gasteiger charge is 2.25. The summed E-state index contributed by atoms with van der Waals surface area (Å²) in [6.45, 7) is 11.2. The second kappa shape index (κ2) is 6.48. The lowest BCUT2D eigenvalue weighted by Crippen LogP contribution is -2.21. The maximum Gasteiger partial charge on any atom is 0.205 e. The first-order valence-corrected chi connectivity index (χ1v) is 7.79. The fourth-order valence-electron chi connectivity index (χ4n) is 2.36. The average Bonchev–Trinajstić information content (AvgIpc) is 2.96. The molecule has 0 amide bonds. The first-order chi connectivity index (χ1) is 8.69. The molecule has 2 rings (SSSR count). The smallest absolute Gasteiger partial charge is 0.205 e. The van der Waals surface area contributed by atoms with Gasteiger partial charge in [-0.3, -0.25) is 4.90 Å². The van der Waals surface area contributed by atoms with E-state index in [1.165, 1.54) is 19.5 Å². The van der Waals surface area contributed by atoms with Gasteiger partial charge < -0.3 is 5.32 Å². The Labute approximate surface area is 114 Å². The molecule has 1 aromatic heterocycles. The van der Waals surface area contributed by atoms with Crippen molar-refractivity contribution in [3.63, 3.8) is 0 Å². The Hall–Kier alpha value is -0.680. The Balaban J connectivity index is 1.81. The van der Waals surface area contributed by atoms with Gasteiger partial charge in [-0.05, 0) is 31.2 Å². The lowest BCUT2D eigenvalue weighted by molar-refractivity contribution is 0.296. The molecule has 1 saturated heterocycles. The molecule has 1 fully saturated rings. The van der Waals surface area contributed by atoms with Crippen LogP contribution in [-0.2, 0) is 6.54 Å². The average molecular weight is 268 g/mol. The molecule has 1 aliphatic heterocycles. The Morgan fingerprint density at radius 3 is 2.94 bits per heavy atom. The molecule has 4 nitrogen and oxygen atoms in total. The summed E-state index contributed by atoms with van der Waals surface area (Å²) in [6.07, 6.45) is 2.45. The number of nitrogens with one attached hydrogen (secondary N) is 1. The van der Waals surface area contributed by atoms with Gasteiger partial charge in [0.15, 0.2) is 0 Å². The molecule has 0 aromatic carbocycles. The van der Waals surface area contributed by atoms with E-state index in [4.69, 9.17) is 0 Å². The molecule has 1 atom stereocenters. The minimum absolute atomic E-state index is 0.797. The molecule has 1 N–H and O–H groups in total. The number of anilines is 1. The molecule has 5 heteroatoms. The summed E-state index contributed by atoms with van der Waals surface area (Å²) in [4.78, 5) is 2.51. The van der Waals surface area contributed by atoms with Gasteiger partial charge in [-0.15, -0.1) is 10.2 Å². The second-order valence-corrected chi connectivity index (χ2v) is 6.52. The van der Waals surface area contributed by atoms with Gasteiger partial charge in [-0.25, -0.2) is 0 Å². The summed E-state index contributed by atoms with van der Waals surface area (Å²) in [6, 6.07) is 0. The first kappa shape index (κ1) is 13.7. The van der Waals surface area contributed by atoms with Crippen LogP contribution in [0.4, 0.5) is 5.13 Å². The highest BCUT2D eigenvalue weighted by atomic mass is 32.1. The number of hydrogen-bond donors (Lipinski definition) is 1. The third-order valence-corrected chi connectivity index (χ3v) is 4.47. The maximum atomic E-state index is 4.27. The number of rotatable bonds is 6. The van der Waals surface area contributed by atoms with Crippen LogP contribution in [0.1, 0.15) is 38.6 Å². The van der Waals surface area contributed by atoms with Gasteiger partial charge in [0, 0.05) is 13.1 Å². The van der Waals surface area contributed by atoms with Crippen LogP contribution >= 0.6 is 11.3 Å². The first-order valence-electron chi connectivity index (χ1n) is 6.97. The van der Waals surface area contributed by atoms with Crippen molar-refractivity contribution < 1.29 is 0 Å². The van der Waals surface area contributed by atoms with E-state index in [9.17, 15) is 0 Å². The topological polar surface area (TPSA) is 41.1 Å². The Bertz CT molecular complexity index is 364. The molecule has 1 unspecified atom stereocenters. The number of hydrogen-bond acceptors (Lipinski definition) is 5. The van der Waals surface area contributed by atoms with Crippen LogP contribution in [0.5, 0.6) is 0 Å².